The maximum absolute atomic E-state index is 11.9. The highest BCUT2D eigenvalue weighted by Crippen LogP contribution is 2.20. The predicted octanol–water partition coefficient (Wildman–Crippen LogP) is 1.30. The second-order valence-electron chi connectivity index (χ2n) is 5.36. The molecule has 1 aliphatic heterocycles. The Bertz CT molecular complexity index is 598. The average molecular weight is 289 g/mol. The van der Waals surface area contributed by atoms with Gasteiger partial charge in [-0.3, -0.25) is 19.3 Å². The van der Waals surface area contributed by atoms with Crippen LogP contribution in [0.25, 0.3) is 0 Å². The number of hydrogen-bond acceptors (Lipinski definition) is 4. The molecule has 1 unspecified atom stereocenters. The molecule has 0 radical (unpaired) electrons. The standard InChI is InChI=1S/C15H19N3O3/c1-9-3-4-11(16)8-12(9)17-13(19)5-6-18-14(20)7-10(2)15(18)21/h3-4,8,10H,5-7,16H2,1-2H3,(H,17,19). The van der Waals surface area contributed by atoms with Gasteiger partial charge in [0.15, 0.2) is 0 Å². The van der Waals surface area contributed by atoms with Crippen molar-refractivity contribution in [2.24, 2.45) is 5.92 Å². The van der Waals surface area contributed by atoms with Gasteiger partial charge in [0.05, 0.1) is 0 Å². The first kappa shape index (κ1) is 15.0. The first-order valence-electron chi connectivity index (χ1n) is 6.88. The number of carbonyl (C=O) groups is 3. The number of hydrogen-bond donors (Lipinski definition) is 2. The lowest BCUT2D eigenvalue weighted by Gasteiger charge is -2.14. The second kappa shape index (κ2) is 5.95. The van der Waals surface area contributed by atoms with E-state index in [1.807, 2.05) is 13.0 Å². The number of nitrogens with one attached hydrogen (secondary N) is 1. The van der Waals surface area contributed by atoms with E-state index in [4.69, 9.17) is 5.73 Å². The van der Waals surface area contributed by atoms with Crippen LogP contribution in [0.4, 0.5) is 11.4 Å². The van der Waals surface area contributed by atoms with Crippen molar-refractivity contribution in [3.05, 3.63) is 23.8 Å². The molecule has 0 aliphatic carbocycles. The van der Waals surface area contributed by atoms with Crippen molar-refractivity contribution >= 4 is 29.1 Å². The summed E-state index contributed by atoms with van der Waals surface area (Å²) in [5.41, 5.74) is 7.79. The minimum absolute atomic E-state index is 0.0818. The molecule has 1 aliphatic rings. The maximum Gasteiger partial charge on any atom is 0.232 e. The largest absolute Gasteiger partial charge is 0.399 e. The Morgan fingerprint density at radius 2 is 2.14 bits per heavy atom. The lowest BCUT2D eigenvalue weighted by atomic mass is 10.1. The van der Waals surface area contributed by atoms with E-state index in [9.17, 15) is 14.4 Å². The Kier molecular flexibility index (Phi) is 4.26. The number of anilines is 2. The Hall–Kier alpha value is -2.37. The highest BCUT2D eigenvalue weighted by atomic mass is 16.2. The monoisotopic (exact) mass is 289 g/mol. The molecule has 2 rings (SSSR count). The number of aryl methyl sites for hydroxylation is 1. The summed E-state index contributed by atoms with van der Waals surface area (Å²) in [4.78, 5) is 36.5. The Morgan fingerprint density at radius 3 is 2.76 bits per heavy atom. The number of rotatable bonds is 4. The van der Waals surface area contributed by atoms with Gasteiger partial charge in [-0.2, -0.15) is 0 Å². The zero-order valence-electron chi connectivity index (χ0n) is 12.2. The highest BCUT2D eigenvalue weighted by molar-refractivity contribution is 6.03. The first-order valence-corrected chi connectivity index (χ1v) is 6.88. The van der Waals surface area contributed by atoms with E-state index in [0.29, 0.717) is 11.4 Å². The fraction of sp³-hybridized carbons (Fsp3) is 0.400. The van der Waals surface area contributed by atoms with Crippen molar-refractivity contribution < 1.29 is 14.4 Å². The fourth-order valence-corrected chi connectivity index (χ4v) is 2.28. The van der Waals surface area contributed by atoms with Crippen LogP contribution in [0.2, 0.25) is 0 Å². The Balaban J connectivity index is 1.92. The number of likely N-dealkylation sites (tertiary alicyclic amines) is 1. The van der Waals surface area contributed by atoms with Crippen LogP contribution < -0.4 is 11.1 Å². The van der Waals surface area contributed by atoms with Crippen LogP contribution in [0.1, 0.15) is 25.3 Å². The molecule has 112 valence electrons. The van der Waals surface area contributed by atoms with Crippen LogP contribution in [-0.4, -0.2) is 29.2 Å². The van der Waals surface area contributed by atoms with Crippen molar-refractivity contribution in [2.45, 2.75) is 26.7 Å². The van der Waals surface area contributed by atoms with Gasteiger partial charge in [-0.05, 0) is 24.6 Å². The third-order valence-electron chi connectivity index (χ3n) is 3.57. The van der Waals surface area contributed by atoms with Crippen LogP contribution in [0, 0.1) is 12.8 Å². The molecule has 1 fully saturated rings. The Labute approximate surface area is 123 Å². The summed E-state index contributed by atoms with van der Waals surface area (Å²) in [5.74, 6) is -0.936. The first-order chi connectivity index (χ1) is 9.88. The lowest BCUT2D eigenvalue weighted by Crippen LogP contribution is -2.33. The summed E-state index contributed by atoms with van der Waals surface area (Å²) in [5, 5.41) is 2.75. The van der Waals surface area contributed by atoms with Crippen molar-refractivity contribution in [2.75, 3.05) is 17.6 Å². The van der Waals surface area contributed by atoms with Crippen LogP contribution in [0.5, 0.6) is 0 Å². The predicted molar refractivity (Wildman–Crippen MR) is 79.3 cm³/mol. The van der Waals surface area contributed by atoms with E-state index >= 15 is 0 Å². The SMILES string of the molecule is Cc1ccc(N)cc1NC(=O)CCN1C(=O)CC(C)C1=O. The molecule has 0 bridgehead atoms. The van der Waals surface area contributed by atoms with Gasteiger partial charge in [0, 0.05) is 36.7 Å². The van der Waals surface area contributed by atoms with Gasteiger partial charge < -0.3 is 11.1 Å². The molecule has 6 nitrogen and oxygen atoms in total. The van der Waals surface area contributed by atoms with Crippen LogP contribution in [-0.2, 0) is 14.4 Å². The molecule has 1 aromatic rings. The molecule has 3 N–H and O–H groups in total. The van der Waals surface area contributed by atoms with E-state index in [1.165, 1.54) is 0 Å². The topological polar surface area (TPSA) is 92.5 Å². The summed E-state index contributed by atoms with van der Waals surface area (Å²) in [7, 11) is 0. The van der Waals surface area contributed by atoms with Crippen LogP contribution in [0.15, 0.2) is 18.2 Å². The van der Waals surface area contributed by atoms with E-state index in [1.54, 1.807) is 19.1 Å². The molecule has 0 aromatic heterocycles. The zero-order valence-corrected chi connectivity index (χ0v) is 12.2. The van der Waals surface area contributed by atoms with Crippen molar-refractivity contribution in [1.82, 2.24) is 4.90 Å². The van der Waals surface area contributed by atoms with Crippen molar-refractivity contribution in [1.29, 1.82) is 0 Å². The quantitative estimate of drug-likeness (QED) is 0.645. The number of nitrogens with two attached hydrogens (primary N) is 1. The zero-order chi connectivity index (χ0) is 15.6. The smallest absolute Gasteiger partial charge is 0.232 e. The van der Waals surface area contributed by atoms with Crippen LogP contribution in [0.3, 0.4) is 0 Å². The van der Waals surface area contributed by atoms with Gasteiger partial charge in [-0.15, -0.1) is 0 Å². The highest BCUT2D eigenvalue weighted by Gasteiger charge is 2.35. The Morgan fingerprint density at radius 1 is 1.43 bits per heavy atom. The van der Waals surface area contributed by atoms with E-state index in [0.717, 1.165) is 10.5 Å². The average Bonchev–Trinajstić information content (AvgIpc) is 2.66. The normalized spacial score (nSPS) is 18.2. The van der Waals surface area contributed by atoms with E-state index < -0.39 is 0 Å². The van der Waals surface area contributed by atoms with Crippen molar-refractivity contribution in [3.8, 4) is 0 Å². The summed E-state index contributed by atoms with van der Waals surface area (Å²) in [6.07, 6.45) is 0.313. The molecule has 1 aromatic carbocycles. The minimum atomic E-state index is -0.281. The molecule has 1 atom stereocenters. The van der Waals surface area contributed by atoms with Gasteiger partial charge in [-0.25, -0.2) is 0 Å². The fourth-order valence-electron chi connectivity index (χ4n) is 2.28. The summed E-state index contributed by atoms with van der Waals surface area (Å²) in [6, 6.07) is 5.26. The summed E-state index contributed by atoms with van der Waals surface area (Å²) in [6.45, 7) is 3.70. The minimum Gasteiger partial charge on any atom is -0.399 e. The molecule has 0 saturated carbocycles. The number of benzene rings is 1. The third-order valence-corrected chi connectivity index (χ3v) is 3.57. The summed E-state index contributed by atoms with van der Waals surface area (Å²) >= 11 is 0. The maximum atomic E-state index is 11.9. The lowest BCUT2D eigenvalue weighted by molar-refractivity contribution is -0.139. The summed E-state index contributed by atoms with van der Waals surface area (Å²) < 4.78 is 0. The van der Waals surface area contributed by atoms with E-state index in [2.05, 4.69) is 5.32 Å². The molecule has 0 spiro atoms. The number of nitrogen functional groups attached to an aromatic ring is 1. The number of amides is 3. The van der Waals surface area contributed by atoms with Gasteiger partial charge in [-0.1, -0.05) is 13.0 Å². The van der Waals surface area contributed by atoms with Gasteiger partial charge in [0.2, 0.25) is 17.7 Å². The molecular formula is C15H19N3O3. The molecular weight excluding hydrogens is 270 g/mol. The van der Waals surface area contributed by atoms with E-state index in [-0.39, 0.29) is 43.0 Å². The number of carbonyl (C=O) groups excluding carboxylic acids is 3. The van der Waals surface area contributed by atoms with Gasteiger partial charge >= 0.3 is 0 Å². The van der Waals surface area contributed by atoms with Crippen LogP contribution >= 0.6 is 0 Å². The number of imide groups is 1. The van der Waals surface area contributed by atoms with Gasteiger partial charge in [0.1, 0.15) is 0 Å². The number of nitrogens with zero attached hydrogens (tertiary/aromatic N) is 1. The molecule has 6 heteroatoms. The molecule has 1 heterocycles. The third kappa shape index (κ3) is 3.39. The molecule has 21 heavy (non-hydrogen) atoms. The molecule has 3 amide bonds. The van der Waals surface area contributed by atoms with Crippen molar-refractivity contribution in [3.63, 3.8) is 0 Å². The van der Waals surface area contributed by atoms with Gasteiger partial charge in [0.25, 0.3) is 0 Å². The molecule has 1 saturated heterocycles. The second-order valence-corrected chi connectivity index (χ2v) is 5.36.